The van der Waals surface area contributed by atoms with E-state index in [4.69, 9.17) is 24.9 Å². The summed E-state index contributed by atoms with van der Waals surface area (Å²) in [4.78, 5) is 33.0. The van der Waals surface area contributed by atoms with Gasteiger partial charge in [-0.2, -0.15) is 0 Å². The molecule has 0 spiro atoms. The van der Waals surface area contributed by atoms with E-state index in [1.54, 1.807) is 0 Å². The van der Waals surface area contributed by atoms with Gasteiger partial charge in [-0.15, -0.1) is 0 Å². The average molecular weight is 1660 g/mol. The van der Waals surface area contributed by atoms with E-state index in [1.165, 1.54) is 54.4 Å². The molecule has 0 amide bonds. The SMILES string of the molecule is c1ccc(-c2nc3cccc4c3n2-c2ccc(-n3c5ccccc5c5c6ccccc6ccc53)cc2N4c2ccccc2)cc1.c1ccc(-c2nc3cccc4c3n2-c2ccc(-n3c5ccccc5c5ccccc53)cc2N4c2ccccc2)cc1.c1ccc(-c2nc3ccccc3nc2-c2ccc3c(c2)N(c2ccccc2)c2cccc4nc(-c5ccccc5)n-3c24)cc1. The summed E-state index contributed by atoms with van der Waals surface area (Å²) in [5.41, 5.74) is 35.2. The molecular weight excluding hydrogens is 1590 g/mol. The zero-order chi connectivity index (χ0) is 85.4. The lowest BCUT2D eigenvalue weighted by atomic mass is 10.0. The highest BCUT2D eigenvalue weighted by atomic mass is 15.3. The van der Waals surface area contributed by atoms with E-state index in [1.807, 2.05) is 48.5 Å². The summed E-state index contributed by atoms with van der Waals surface area (Å²) in [6, 6.07) is 161. The molecule has 0 N–H and O–H groups in total. The second-order valence-corrected chi connectivity index (χ2v) is 33.1. The molecule has 0 bridgehead atoms. The topological polar surface area (TPSA) is 98.8 Å². The fourth-order valence-corrected chi connectivity index (χ4v) is 20.2. The molecule has 13 nitrogen and oxygen atoms in total. The van der Waals surface area contributed by atoms with Gasteiger partial charge in [-0.1, -0.05) is 297 Å². The lowest BCUT2D eigenvalue weighted by molar-refractivity contribution is 1.05. The summed E-state index contributed by atoms with van der Waals surface area (Å²) in [6.07, 6.45) is 0. The van der Waals surface area contributed by atoms with Crippen LogP contribution in [0.5, 0.6) is 0 Å². The zero-order valence-electron chi connectivity index (χ0n) is 70.1. The van der Waals surface area contributed by atoms with Gasteiger partial charge < -0.3 is 23.8 Å². The maximum atomic E-state index is 5.21. The molecule has 13 heteroatoms. The van der Waals surface area contributed by atoms with Crippen LogP contribution in [0, 0.1) is 0 Å². The second kappa shape index (κ2) is 30.0. The molecule has 608 valence electrons. The Balaban J connectivity index is 0.000000103. The Bertz CT molecular complexity index is 8750. The van der Waals surface area contributed by atoms with E-state index in [9.17, 15) is 0 Å². The molecular formula is C117H75N13. The van der Waals surface area contributed by atoms with Crippen LogP contribution < -0.4 is 14.7 Å². The van der Waals surface area contributed by atoms with Crippen LogP contribution >= 0.6 is 0 Å². The molecule has 0 saturated heterocycles. The van der Waals surface area contributed by atoms with Crippen molar-refractivity contribution in [3.63, 3.8) is 0 Å². The predicted octanol–water partition coefficient (Wildman–Crippen LogP) is 30.1. The number of benzene rings is 19. The number of imidazole rings is 3. The molecule has 25 aromatic rings. The highest BCUT2D eigenvalue weighted by Gasteiger charge is 2.35. The number of hydrogen-bond acceptors (Lipinski definition) is 8. The Labute approximate surface area is 747 Å². The maximum absolute atomic E-state index is 5.21. The Morgan fingerprint density at radius 3 is 0.915 bits per heavy atom. The van der Waals surface area contributed by atoms with Gasteiger partial charge in [-0.3, -0.25) is 13.7 Å². The van der Waals surface area contributed by atoms with Gasteiger partial charge in [-0.25, -0.2) is 24.9 Å². The van der Waals surface area contributed by atoms with Crippen LogP contribution in [0.1, 0.15) is 0 Å². The molecule has 0 saturated carbocycles. The number of hydrogen-bond donors (Lipinski definition) is 0. The van der Waals surface area contributed by atoms with Gasteiger partial charge >= 0.3 is 0 Å². The molecule has 9 heterocycles. The van der Waals surface area contributed by atoms with E-state index in [0.29, 0.717) is 0 Å². The molecule has 6 aromatic heterocycles. The normalized spacial score (nSPS) is 12.3. The lowest BCUT2D eigenvalue weighted by Crippen LogP contribution is -2.19. The van der Waals surface area contributed by atoms with E-state index < -0.39 is 0 Å². The molecule has 0 fully saturated rings. The standard InChI is InChI=1S/C41H26N4.C39H25N5.C37H24N4/c1-3-13-28(14-4-1)41-42-33-19-11-21-37-40(33)45(41)35-25-23-30(26-38(35)43(37)29-15-5-2-6-16-29)44-34-20-10-9-18-32(34)39-31-17-8-7-12-27(31)22-24-36(39)44;1-4-13-26(14-5-1)36-37(41-31-20-11-10-19-30(31)40-36)28-23-24-33-35(25-28)43(29-17-8-3-9-18-29)34-22-12-21-32-38(34)44(33)39(42-32)27-15-6-2-7-16-27;1-3-12-25(13-4-1)37-38-30-18-11-21-34-36(30)41(37)33-23-22-27(24-35(33)39(34)26-14-5-2-6-15-26)40-31-19-9-7-16-28(31)29-17-8-10-20-32(29)40/h1-26H;1-25H;1-24H. The van der Waals surface area contributed by atoms with Crippen molar-refractivity contribution in [2.75, 3.05) is 14.7 Å². The van der Waals surface area contributed by atoms with Gasteiger partial charge in [0, 0.05) is 77.8 Å². The molecule has 0 atom stereocenters. The minimum Gasteiger partial charge on any atom is -0.309 e. The average Bonchev–Trinajstić information content (AvgIpc) is 1.52. The Morgan fingerprint density at radius 1 is 0.162 bits per heavy atom. The van der Waals surface area contributed by atoms with Gasteiger partial charge in [0.1, 0.15) is 17.5 Å². The van der Waals surface area contributed by atoms with Gasteiger partial charge in [0.25, 0.3) is 0 Å². The third-order valence-corrected chi connectivity index (χ3v) is 25.7. The number of para-hydroxylation sites is 11. The maximum Gasteiger partial charge on any atom is 0.145 e. The van der Waals surface area contributed by atoms with Crippen molar-refractivity contribution in [1.82, 2.24) is 47.8 Å². The highest BCUT2D eigenvalue weighted by Crippen LogP contribution is 2.55. The predicted molar refractivity (Wildman–Crippen MR) is 534 cm³/mol. The molecule has 0 unspecified atom stereocenters. The molecule has 0 aliphatic carbocycles. The number of aromatic nitrogens is 10. The van der Waals surface area contributed by atoms with Gasteiger partial charge in [0.15, 0.2) is 0 Å². The first kappa shape index (κ1) is 73.7. The van der Waals surface area contributed by atoms with Crippen LogP contribution in [0.25, 0.3) is 184 Å². The summed E-state index contributed by atoms with van der Waals surface area (Å²) < 4.78 is 11.8. The van der Waals surface area contributed by atoms with Crippen LogP contribution in [0.3, 0.4) is 0 Å². The van der Waals surface area contributed by atoms with Crippen molar-refractivity contribution in [3.05, 3.63) is 455 Å². The number of rotatable bonds is 10. The first-order chi connectivity index (χ1) is 64.5. The summed E-state index contributed by atoms with van der Waals surface area (Å²) in [7, 11) is 0. The Hall–Kier alpha value is -17.8. The fourth-order valence-electron chi connectivity index (χ4n) is 20.2. The number of fused-ring (bicyclic) bond motifs is 15. The minimum absolute atomic E-state index is 0.851. The quantitative estimate of drug-likeness (QED) is 0.134. The molecule has 28 rings (SSSR count). The van der Waals surface area contributed by atoms with Crippen molar-refractivity contribution in [3.8, 4) is 85.1 Å². The zero-order valence-corrected chi connectivity index (χ0v) is 70.1. The molecule has 130 heavy (non-hydrogen) atoms. The van der Waals surface area contributed by atoms with E-state index in [0.717, 1.165) is 180 Å². The third-order valence-electron chi connectivity index (χ3n) is 25.7. The largest absolute Gasteiger partial charge is 0.309 e. The van der Waals surface area contributed by atoms with Gasteiger partial charge in [0.05, 0.1) is 129 Å². The van der Waals surface area contributed by atoms with Crippen molar-refractivity contribution in [2.45, 2.75) is 0 Å². The minimum atomic E-state index is 0.851. The van der Waals surface area contributed by atoms with E-state index in [-0.39, 0.29) is 0 Å². The van der Waals surface area contributed by atoms with Crippen molar-refractivity contribution < 1.29 is 0 Å². The fraction of sp³-hybridized carbons (Fsp3) is 0. The summed E-state index contributed by atoms with van der Waals surface area (Å²) in [6.45, 7) is 0. The number of anilines is 9. The van der Waals surface area contributed by atoms with Crippen molar-refractivity contribution >= 4 is 150 Å². The monoisotopic (exact) mass is 1660 g/mol. The van der Waals surface area contributed by atoms with Gasteiger partial charge in [-0.05, 0) is 168 Å². The summed E-state index contributed by atoms with van der Waals surface area (Å²) in [5.74, 6) is 2.82. The lowest BCUT2D eigenvalue weighted by Gasteiger charge is -2.33. The second-order valence-electron chi connectivity index (χ2n) is 33.1. The van der Waals surface area contributed by atoms with E-state index >= 15 is 0 Å². The highest BCUT2D eigenvalue weighted by molar-refractivity contribution is 6.22. The Kier molecular flexibility index (Phi) is 17.0. The van der Waals surface area contributed by atoms with Gasteiger partial charge in [0.2, 0.25) is 0 Å². The Morgan fingerprint density at radius 2 is 0.485 bits per heavy atom. The third kappa shape index (κ3) is 11.7. The van der Waals surface area contributed by atoms with Crippen LogP contribution in [0.2, 0.25) is 0 Å². The first-order valence-corrected chi connectivity index (χ1v) is 44.0. The van der Waals surface area contributed by atoms with Crippen LogP contribution in [0.4, 0.5) is 51.2 Å². The molecule has 3 aliphatic rings. The summed E-state index contributed by atoms with van der Waals surface area (Å²) >= 11 is 0. The van der Waals surface area contributed by atoms with Crippen LogP contribution in [-0.2, 0) is 0 Å². The molecule has 3 aliphatic heterocycles. The number of nitrogens with zero attached hydrogens (tertiary/aromatic N) is 13. The first-order valence-electron chi connectivity index (χ1n) is 44.0. The van der Waals surface area contributed by atoms with E-state index in [2.05, 4.69) is 444 Å². The smallest absolute Gasteiger partial charge is 0.145 e. The van der Waals surface area contributed by atoms with Crippen molar-refractivity contribution in [1.29, 1.82) is 0 Å². The summed E-state index contributed by atoms with van der Waals surface area (Å²) in [5, 5.41) is 7.59. The molecule has 0 radical (unpaired) electrons. The molecule has 19 aromatic carbocycles. The van der Waals surface area contributed by atoms with Crippen LogP contribution in [-0.4, -0.2) is 47.8 Å². The van der Waals surface area contributed by atoms with Crippen molar-refractivity contribution in [2.24, 2.45) is 0 Å². The van der Waals surface area contributed by atoms with Crippen LogP contribution in [0.15, 0.2) is 455 Å².